The van der Waals surface area contributed by atoms with Crippen molar-refractivity contribution in [2.45, 2.75) is 45.4 Å². The summed E-state index contributed by atoms with van der Waals surface area (Å²) in [6.07, 6.45) is 11.8. The molecule has 0 aromatic heterocycles. The van der Waals surface area contributed by atoms with Crippen LogP contribution in [-0.4, -0.2) is 24.8 Å². The zero-order valence-corrected chi connectivity index (χ0v) is 10.6. The Balaban J connectivity index is 2.09. The molecule has 0 saturated carbocycles. The minimum atomic E-state index is 0.332. The Morgan fingerprint density at radius 1 is 1.38 bits per heavy atom. The van der Waals surface area contributed by atoms with E-state index in [1.165, 1.54) is 32.1 Å². The molecule has 0 aromatic carbocycles. The van der Waals surface area contributed by atoms with Gasteiger partial charge in [0.25, 0.3) is 0 Å². The molecule has 0 spiro atoms. The Morgan fingerprint density at radius 2 is 2.25 bits per heavy atom. The lowest BCUT2D eigenvalue weighted by Gasteiger charge is -2.21. The summed E-state index contributed by atoms with van der Waals surface area (Å²) in [6.45, 7) is 4.78. The molecule has 2 heteroatoms. The average Bonchev–Trinajstić information content (AvgIpc) is 2.31. The minimum absolute atomic E-state index is 0.332. The van der Waals surface area contributed by atoms with E-state index in [2.05, 4.69) is 24.4 Å². The smallest absolute Gasteiger partial charge is 0.0434 e. The van der Waals surface area contributed by atoms with E-state index >= 15 is 0 Å². The molecule has 1 rings (SSSR count). The molecule has 0 aromatic rings. The summed E-state index contributed by atoms with van der Waals surface area (Å²) in [5, 5.41) is 12.6. The van der Waals surface area contributed by atoms with Crippen LogP contribution < -0.4 is 5.32 Å². The minimum Gasteiger partial charge on any atom is -0.396 e. The van der Waals surface area contributed by atoms with Crippen molar-refractivity contribution in [3.63, 3.8) is 0 Å². The summed E-state index contributed by atoms with van der Waals surface area (Å²) < 4.78 is 0. The van der Waals surface area contributed by atoms with Crippen LogP contribution in [0, 0.1) is 11.8 Å². The van der Waals surface area contributed by atoms with Crippen LogP contribution in [0.1, 0.15) is 45.4 Å². The standard InChI is InChI=1S/C14H27NO/c1-2-6-13(9-10-16)11-15-12-14-7-4-3-5-8-14/h3-4,13-16H,2,5-12H2,1H3. The maximum atomic E-state index is 8.97. The van der Waals surface area contributed by atoms with Crippen molar-refractivity contribution in [3.05, 3.63) is 12.2 Å². The van der Waals surface area contributed by atoms with Crippen LogP contribution in [0.5, 0.6) is 0 Å². The molecule has 0 bridgehead atoms. The van der Waals surface area contributed by atoms with Gasteiger partial charge >= 0.3 is 0 Å². The molecule has 2 N–H and O–H groups in total. The quantitative estimate of drug-likeness (QED) is 0.623. The van der Waals surface area contributed by atoms with E-state index in [1.807, 2.05) is 0 Å². The fourth-order valence-corrected chi connectivity index (χ4v) is 2.47. The van der Waals surface area contributed by atoms with Gasteiger partial charge in [0.05, 0.1) is 0 Å². The molecule has 0 saturated heterocycles. The summed E-state index contributed by atoms with van der Waals surface area (Å²) in [6, 6.07) is 0. The maximum Gasteiger partial charge on any atom is 0.0434 e. The first-order chi connectivity index (χ1) is 7.86. The highest BCUT2D eigenvalue weighted by atomic mass is 16.3. The molecule has 1 aliphatic rings. The van der Waals surface area contributed by atoms with Gasteiger partial charge in [-0.1, -0.05) is 25.5 Å². The number of hydrogen-bond acceptors (Lipinski definition) is 2. The molecule has 0 amide bonds. The number of rotatable bonds is 8. The van der Waals surface area contributed by atoms with Crippen molar-refractivity contribution in [1.82, 2.24) is 5.32 Å². The zero-order valence-electron chi connectivity index (χ0n) is 10.6. The second-order valence-corrected chi connectivity index (χ2v) is 4.98. The van der Waals surface area contributed by atoms with Gasteiger partial charge in [-0.2, -0.15) is 0 Å². The molecule has 0 heterocycles. The monoisotopic (exact) mass is 225 g/mol. The SMILES string of the molecule is CCCC(CCO)CNCC1CC=CCC1. The van der Waals surface area contributed by atoms with E-state index in [0.717, 1.165) is 25.4 Å². The zero-order chi connectivity index (χ0) is 11.6. The molecule has 2 atom stereocenters. The van der Waals surface area contributed by atoms with Crippen molar-refractivity contribution in [2.24, 2.45) is 11.8 Å². The number of nitrogens with one attached hydrogen (secondary N) is 1. The molecule has 1 aliphatic carbocycles. The Kier molecular flexibility index (Phi) is 7.52. The summed E-state index contributed by atoms with van der Waals surface area (Å²) in [5.41, 5.74) is 0. The highest BCUT2D eigenvalue weighted by molar-refractivity contribution is 4.90. The van der Waals surface area contributed by atoms with Gasteiger partial charge < -0.3 is 10.4 Å². The van der Waals surface area contributed by atoms with Crippen molar-refractivity contribution in [2.75, 3.05) is 19.7 Å². The molecular formula is C14H27NO. The van der Waals surface area contributed by atoms with Crippen molar-refractivity contribution >= 4 is 0 Å². The van der Waals surface area contributed by atoms with E-state index in [0.29, 0.717) is 12.5 Å². The van der Waals surface area contributed by atoms with Gasteiger partial charge in [-0.25, -0.2) is 0 Å². The lowest BCUT2D eigenvalue weighted by molar-refractivity contribution is 0.246. The predicted octanol–water partition coefficient (Wildman–Crippen LogP) is 2.73. The molecule has 0 radical (unpaired) electrons. The van der Waals surface area contributed by atoms with E-state index in [-0.39, 0.29) is 0 Å². The lowest BCUT2D eigenvalue weighted by Crippen LogP contribution is -2.29. The Labute approximate surface area is 100 Å². The van der Waals surface area contributed by atoms with E-state index in [4.69, 9.17) is 5.11 Å². The lowest BCUT2D eigenvalue weighted by atomic mass is 9.94. The number of hydrogen-bond donors (Lipinski definition) is 2. The second kappa shape index (κ2) is 8.77. The third-order valence-electron chi connectivity index (χ3n) is 3.48. The van der Waals surface area contributed by atoms with Gasteiger partial charge in [0.2, 0.25) is 0 Å². The number of aliphatic hydroxyl groups is 1. The Morgan fingerprint density at radius 3 is 2.88 bits per heavy atom. The van der Waals surface area contributed by atoms with Gasteiger partial charge in [-0.05, 0) is 57.0 Å². The summed E-state index contributed by atoms with van der Waals surface area (Å²) >= 11 is 0. The third kappa shape index (κ3) is 5.66. The fourth-order valence-electron chi connectivity index (χ4n) is 2.47. The fraction of sp³-hybridized carbons (Fsp3) is 0.857. The van der Waals surface area contributed by atoms with E-state index in [1.54, 1.807) is 0 Å². The molecule has 2 nitrogen and oxygen atoms in total. The first-order valence-electron chi connectivity index (χ1n) is 6.83. The molecule has 0 aliphatic heterocycles. The highest BCUT2D eigenvalue weighted by Gasteiger charge is 2.11. The van der Waals surface area contributed by atoms with Gasteiger partial charge in [0.1, 0.15) is 0 Å². The van der Waals surface area contributed by atoms with Crippen LogP contribution in [-0.2, 0) is 0 Å². The average molecular weight is 225 g/mol. The van der Waals surface area contributed by atoms with Crippen LogP contribution in [0.25, 0.3) is 0 Å². The van der Waals surface area contributed by atoms with Crippen molar-refractivity contribution in [1.29, 1.82) is 0 Å². The summed E-state index contributed by atoms with van der Waals surface area (Å²) in [5.74, 6) is 1.50. The largest absolute Gasteiger partial charge is 0.396 e. The molecule has 94 valence electrons. The van der Waals surface area contributed by atoms with Gasteiger partial charge in [0.15, 0.2) is 0 Å². The normalized spacial score (nSPS) is 22.2. The maximum absolute atomic E-state index is 8.97. The summed E-state index contributed by atoms with van der Waals surface area (Å²) in [4.78, 5) is 0. The highest BCUT2D eigenvalue weighted by Crippen LogP contribution is 2.17. The Bertz CT molecular complexity index is 185. The van der Waals surface area contributed by atoms with Crippen molar-refractivity contribution in [3.8, 4) is 0 Å². The van der Waals surface area contributed by atoms with Crippen LogP contribution in [0.15, 0.2) is 12.2 Å². The molecular weight excluding hydrogens is 198 g/mol. The van der Waals surface area contributed by atoms with Gasteiger partial charge in [0, 0.05) is 6.61 Å². The third-order valence-corrected chi connectivity index (χ3v) is 3.48. The second-order valence-electron chi connectivity index (χ2n) is 4.98. The van der Waals surface area contributed by atoms with Crippen LogP contribution in [0.2, 0.25) is 0 Å². The molecule has 2 unspecified atom stereocenters. The van der Waals surface area contributed by atoms with Gasteiger partial charge in [-0.15, -0.1) is 0 Å². The van der Waals surface area contributed by atoms with Crippen LogP contribution in [0.4, 0.5) is 0 Å². The Hall–Kier alpha value is -0.340. The van der Waals surface area contributed by atoms with Crippen LogP contribution >= 0.6 is 0 Å². The first-order valence-corrected chi connectivity index (χ1v) is 6.83. The predicted molar refractivity (Wildman–Crippen MR) is 69.5 cm³/mol. The summed E-state index contributed by atoms with van der Waals surface area (Å²) in [7, 11) is 0. The van der Waals surface area contributed by atoms with Gasteiger partial charge in [-0.3, -0.25) is 0 Å². The van der Waals surface area contributed by atoms with Crippen LogP contribution in [0.3, 0.4) is 0 Å². The molecule has 16 heavy (non-hydrogen) atoms. The first kappa shape index (κ1) is 13.7. The number of aliphatic hydroxyl groups excluding tert-OH is 1. The molecule has 0 fully saturated rings. The van der Waals surface area contributed by atoms with Crippen molar-refractivity contribution < 1.29 is 5.11 Å². The van der Waals surface area contributed by atoms with E-state index in [9.17, 15) is 0 Å². The number of allylic oxidation sites excluding steroid dienone is 2. The topological polar surface area (TPSA) is 32.3 Å². The van der Waals surface area contributed by atoms with E-state index < -0.39 is 0 Å².